The summed E-state index contributed by atoms with van der Waals surface area (Å²) in [6, 6.07) is 6.69. The first kappa shape index (κ1) is 18.7. The van der Waals surface area contributed by atoms with Gasteiger partial charge in [-0.15, -0.1) is 5.10 Å². The molecular formula is C18H23ClN4O3. The Morgan fingerprint density at radius 2 is 2.08 bits per heavy atom. The third-order valence-electron chi connectivity index (χ3n) is 4.69. The predicted octanol–water partition coefficient (Wildman–Crippen LogP) is 1.62. The molecule has 1 aromatic heterocycles. The van der Waals surface area contributed by atoms with E-state index in [1.165, 1.54) is 9.25 Å². The lowest BCUT2D eigenvalue weighted by Crippen LogP contribution is -2.41. The highest BCUT2D eigenvalue weighted by Crippen LogP contribution is 2.17. The van der Waals surface area contributed by atoms with Gasteiger partial charge in [0.2, 0.25) is 5.91 Å². The van der Waals surface area contributed by atoms with E-state index >= 15 is 0 Å². The summed E-state index contributed by atoms with van der Waals surface area (Å²) in [4.78, 5) is 27.2. The van der Waals surface area contributed by atoms with Crippen molar-refractivity contribution in [2.75, 3.05) is 13.2 Å². The molecule has 8 heteroatoms. The molecule has 140 valence electrons. The fourth-order valence-corrected chi connectivity index (χ4v) is 3.46. The Kier molecular flexibility index (Phi) is 5.78. The van der Waals surface area contributed by atoms with Crippen LogP contribution in [-0.2, 0) is 17.8 Å². The number of amides is 1. The Labute approximate surface area is 156 Å². The van der Waals surface area contributed by atoms with Gasteiger partial charge < -0.3 is 10.0 Å². The monoisotopic (exact) mass is 378 g/mol. The molecule has 7 nitrogen and oxygen atoms in total. The molecule has 26 heavy (non-hydrogen) atoms. The van der Waals surface area contributed by atoms with Gasteiger partial charge >= 0.3 is 5.69 Å². The van der Waals surface area contributed by atoms with Crippen LogP contribution in [0.4, 0.5) is 0 Å². The normalized spacial score (nSPS) is 17.0. The molecule has 1 aromatic carbocycles. The Morgan fingerprint density at radius 1 is 1.35 bits per heavy atom. The summed E-state index contributed by atoms with van der Waals surface area (Å²) in [7, 11) is 0. The van der Waals surface area contributed by atoms with Gasteiger partial charge in [-0.25, -0.2) is 4.79 Å². The van der Waals surface area contributed by atoms with Crippen LogP contribution >= 0.6 is 11.6 Å². The highest BCUT2D eigenvalue weighted by molar-refractivity contribution is 6.30. The largest absolute Gasteiger partial charge is 0.394 e. The highest BCUT2D eigenvalue weighted by atomic mass is 35.5. The van der Waals surface area contributed by atoms with E-state index in [9.17, 15) is 14.7 Å². The summed E-state index contributed by atoms with van der Waals surface area (Å²) < 4.78 is 2.75. The fourth-order valence-electron chi connectivity index (χ4n) is 3.33. The van der Waals surface area contributed by atoms with Crippen molar-refractivity contribution in [1.29, 1.82) is 0 Å². The van der Waals surface area contributed by atoms with Crippen molar-refractivity contribution >= 4 is 17.5 Å². The van der Waals surface area contributed by atoms with Crippen LogP contribution in [0.5, 0.6) is 0 Å². The number of hydrogen-bond acceptors (Lipinski definition) is 4. The van der Waals surface area contributed by atoms with Crippen molar-refractivity contribution in [2.24, 2.45) is 0 Å². The van der Waals surface area contributed by atoms with Gasteiger partial charge in [0, 0.05) is 18.0 Å². The van der Waals surface area contributed by atoms with E-state index in [2.05, 4.69) is 5.10 Å². The zero-order valence-electron chi connectivity index (χ0n) is 14.8. The van der Waals surface area contributed by atoms with Crippen molar-refractivity contribution in [3.63, 3.8) is 0 Å². The Balaban J connectivity index is 1.91. The summed E-state index contributed by atoms with van der Waals surface area (Å²) in [5.41, 5.74) is 0.265. The number of benzene rings is 1. The van der Waals surface area contributed by atoms with Crippen LogP contribution in [0.1, 0.15) is 32.0 Å². The van der Waals surface area contributed by atoms with Gasteiger partial charge in [0.25, 0.3) is 0 Å². The maximum atomic E-state index is 12.9. The second-order valence-corrected chi connectivity index (χ2v) is 6.93. The minimum atomic E-state index is -0.344. The van der Waals surface area contributed by atoms with Gasteiger partial charge in [0.15, 0.2) is 0 Å². The molecule has 0 aliphatic carbocycles. The summed E-state index contributed by atoms with van der Waals surface area (Å²) in [5.74, 6) is 0.428. The van der Waals surface area contributed by atoms with Crippen LogP contribution in [0, 0.1) is 0 Å². The van der Waals surface area contributed by atoms with Gasteiger partial charge in [-0.05, 0) is 43.5 Å². The minimum Gasteiger partial charge on any atom is -0.394 e. The molecule has 1 N–H and O–H groups in total. The Morgan fingerprint density at radius 3 is 2.73 bits per heavy atom. The van der Waals surface area contributed by atoms with E-state index in [0.29, 0.717) is 29.5 Å². The van der Waals surface area contributed by atoms with Crippen molar-refractivity contribution in [3.05, 3.63) is 45.6 Å². The molecule has 1 saturated heterocycles. The van der Waals surface area contributed by atoms with Crippen LogP contribution in [-0.4, -0.2) is 49.5 Å². The lowest BCUT2D eigenvalue weighted by atomic mass is 10.2. The van der Waals surface area contributed by atoms with Gasteiger partial charge in [0.1, 0.15) is 12.4 Å². The van der Waals surface area contributed by atoms with Gasteiger partial charge in [0.05, 0.1) is 18.3 Å². The van der Waals surface area contributed by atoms with E-state index in [4.69, 9.17) is 11.6 Å². The topological polar surface area (TPSA) is 80.4 Å². The molecule has 1 amide bonds. The van der Waals surface area contributed by atoms with E-state index in [1.807, 2.05) is 6.92 Å². The minimum absolute atomic E-state index is 0.0491. The number of aliphatic hydroxyl groups is 1. The van der Waals surface area contributed by atoms with Crippen molar-refractivity contribution < 1.29 is 9.90 Å². The van der Waals surface area contributed by atoms with Crippen LogP contribution in [0.15, 0.2) is 29.1 Å². The smallest absolute Gasteiger partial charge is 0.351 e. The number of aryl methyl sites for hydroxylation is 1. The average Bonchev–Trinajstić information content (AvgIpc) is 3.23. The van der Waals surface area contributed by atoms with Gasteiger partial charge in [-0.2, -0.15) is 4.68 Å². The SMILES string of the molecule is CCCc1nn(-c2ccc(Cl)cc2)c(=O)n1CC(=O)N1CCCC1CO. The number of nitrogens with zero attached hydrogens (tertiary/aromatic N) is 4. The molecule has 1 fully saturated rings. The van der Waals surface area contributed by atoms with Gasteiger partial charge in [-0.1, -0.05) is 18.5 Å². The number of hydrogen-bond donors (Lipinski definition) is 1. The molecule has 3 rings (SSSR count). The van der Waals surface area contributed by atoms with Crippen LogP contribution in [0.25, 0.3) is 5.69 Å². The zero-order valence-corrected chi connectivity index (χ0v) is 15.5. The molecule has 1 unspecified atom stereocenters. The van der Waals surface area contributed by atoms with Crippen LogP contribution < -0.4 is 5.69 Å². The average molecular weight is 379 g/mol. The zero-order chi connectivity index (χ0) is 18.7. The number of halogens is 1. The van der Waals surface area contributed by atoms with Crippen molar-refractivity contribution in [2.45, 2.75) is 45.2 Å². The summed E-state index contributed by atoms with van der Waals surface area (Å²) >= 11 is 5.91. The third-order valence-corrected chi connectivity index (χ3v) is 4.94. The first-order valence-electron chi connectivity index (χ1n) is 8.90. The summed E-state index contributed by atoms with van der Waals surface area (Å²) in [6.45, 7) is 2.51. The first-order valence-corrected chi connectivity index (χ1v) is 9.28. The van der Waals surface area contributed by atoms with Crippen LogP contribution in [0.3, 0.4) is 0 Å². The molecule has 2 aromatic rings. The molecule has 0 spiro atoms. The number of carbonyl (C=O) groups excluding carboxylic acids is 1. The molecule has 0 bridgehead atoms. The van der Waals surface area contributed by atoms with E-state index in [1.54, 1.807) is 29.2 Å². The number of likely N-dealkylation sites (tertiary alicyclic amines) is 1. The summed E-state index contributed by atoms with van der Waals surface area (Å²) in [5, 5.41) is 14.4. The van der Waals surface area contributed by atoms with Crippen molar-refractivity contribution in [1.82, 2.24) is 19.2 Å². The molecule has 0 saturated carbocycles. The van der Waals surface area contributed by atoms with Gasteiger partial charge in [-0.3, -0.25) is 9.36 Å². The number of aliphatic hydroxyl groups excluding tert-OH is 1. The maximum Gasteiger partial charge on any atom is 0.351 e. The van der Waals surface area contributed by atoms with Crippen LogP contribution in [0.2, 0.25) is 5.02 Å². The second-order valence-electron chi connectivity index (χ2n) is 6.49. The van der Waals surface area contributed by atoms with E-state index in [-0.39, 0.29) is 30.8 Å². The first-order chi connectivity index (χ1) is 12.5. The predicted molar refractivity (Wildman–Crippen MR) is 98.6 cm³/mol. The van der Waals surface area contributed by atoms with E-state index in [0.717, 1.165) is 19.3 Å². The molecular weight excluding hydrogens is 356 g/mol. The highest BCUT2D eigenvalue weighted by Gasteiger charge is 2.29. The number of rotatable bonds is 6. The summed E-state index contributed by atoms with van der Waals surface area (Å²) in [6.07, 6.45) is 3.08. The Hall–Kier alpha value is -2.12. The number of carbonyl (C=O) groups is 1. The number of aromatic nitrogens is 3. The lowest BCUT2D eigenvalue weighted by Gasteiger charge is -2.23. The maximum absolute atomic E-state index is 12.9. The molecule has 0 radical (unpaired) electrons. The second kappa shape index (κ2) is 8.05. The lowest BCUT2D eigenvalue weighted by molar-refractivity contribution is -0.133. The van der Waals surface area contributed by atoms with Crippen molar-refractivity contribution in [3.8, 4) is 5.69 Å². The Bertz CT molecular complexity index is 828. The molecule has 1 aliphatic rings. The molecule has 2 heterocycles. The molecule has 1 atom stereocenters. The molecule has 1 aliphatic heterocycles. The van der Waals surface area contributed by atoms with E-state index < -0.39 is 0 Å². The fraction of sp³-hybridized carbons (Fsp3) is 0.500. The standard InChI is InChI=1S/C18H23ClN4O3/c1-2-4-16-20-23(14-8-6-13(19)7-9-14)18(26)22(16)11-17(25)21-10-3-5-15(21)12-24/h6-9,15,24H,2-5,10-12H2,1H3. The quantitative estimate of drug-likeness (QED) is 0.828. The third kappa shape index (κ3) is 3.68.